The van der Waals surface area contributed by atoms with Crippen LogP contribution in [0.1, 0.15) is 69.8 Å². The minimum absolute atomic E-state index is 0. The lowest BCUT2D eigenvalue weighted by molar-refractivity contribution is -0.368. The number of hydrogen-bond donors (Lipinski definition) is 3. The number of rotatable bonds is 14. The largest absolute Gasteiger partial charge is 1.00 e. The molecule has 1 aromatic rings. The van der Waals surface area contributed by atoms with Crippen molar-refractivity contribution in [1.29, 1.82) is 0 Å². The van der Waals surface area contributed by atoms with Crippen molar-refractivity contribution < 1.29 is 28.0 Å². The van der Waals surface area contributed by atoms with Crippen LogP contribution in [0.3, 0.4) is 0 Å². The Hall–Kier alpha value is -1.52. The Kier molecular flexibility index (Phi) is 15.9. The lowest BCUT2D eigenvalue weighted by Gasteiger charge is -2.03. The van der Waals surface area contributed by atoms with E-state index in [-0.39, 0.29) is 24.1 Å². The molecule has 0 spiro atoms. The second-order valence-electron chi connectivity index (χ2n) is 6.60. The van der Waals surface area contributed by atoms with Crippen molar-refractivity contribution in [3.05, 3.63) is 35.9 Å². The number of phenolic OH excluding ortho intramolecular Hbond substituents is 1. The van der Waals surface area contributed by atoms with Gasteiger partial charge in [-0.2, -0.15) is 0 Å². The quantitative estimate of drug-likeness (QED) is 0.326. The maximum atomic E-state index is 11.7. The van der Waals surface area contributed by atoms with Crippen LogP contribution in [0.15, 0.2) is 30.3 Å². The fourth-order valence-electron chi connectivity index (χ4n) is 2.74. The number of unbranched alkanes of at least 4 members (excludes halogenated alkanes) is 9. The Morgan fingerprint density at radius 1 is 0.885 bits per heavy atom. The molecular formula is C21H35ClN2O2. The molecule has 26 heavy (non-hydrogen) atoms. The van der Waals surface area contributed by atoms with Crippen molar-refractivity contribution in [3.8, 4) is 5.75 Å². The van der Waals surface area contributed by atoms with Crippen LogP contribution in [0.5, 0.6) is 5.75 Å². The summed E-state index contributed by atoms with van der Waals surface area (Å²) < 4.78 is 0. The van der Waals surface area contributed by atoms with Crippen molar-refractivity contribution in [3.63, 3.8) is 0 Å². The second-order valence-corrected chi connectivity index (χ2v) is 6.60. The highest BCUT2D eigenvalue weighted by molar-refractivity contribution is 5.91. The van der Waals surface area contributed by atoms with E-state index in [0.29, 0.717) is 0 Å². The van der Waals surface area contributed by atoms with Gasteiger partial charge in [0, 0.05) is 12.6 Å². The third kappa shape index (κ3) is 13.7. The zero-order valence-electron chi connectivity index (χ0n) is 15.9. The molecule has 0 aliphatic heterocycles. The SMILES string of the molecule is [Cl-].[NH3+]CCCCCCCCCCCCNC(=O)/C=C/c1ccc(O)cc1. The van der Waals surface area contributed by atoms with Crippen LogP contribution >= 0.6 is 0 Å². The van der Waals surface area contributed by atoms with Gasteiger partial charge in [0.2, 0.25) is 5.91 Å². The topological polar surface area (TPSA) is 77.0 Å². The molecule has 0 saturated heterocycles. The van der Waals surface area contributed by atoms with Crippen molar-refractivity contribution in [1.82, 2.24) is 5.32 Å². The van der Waals surface area contributed by atoms with Crippen molar-refractivity contribution in [2.24, 2.45) is 0 Å². The summed E-state index contributed by atoms with van der Waals surface area (Å²) in [6.45, 7) is 1.81. The molecule has 0 aliphatic rings. The van der Waals surface area contributed by atoms with Crippen LogP contribution in [0, 0.1) is 0 Å². The average molecular weight is 383 g/mol. The predicted molar refractivity (Wildman–Crippen MR) is 104 cm³/mol. The Morgan fingerprint density at radius 3 is 1.92 bits per heavy atom. The molecule has 0 bridgehead atoms. The molecule has 5 N–H and O–H groups in total. The summed E-state index contributed by atoms with van der Waals surface area (Å²) in [7, 11) is 0. The highest BCUT2D eigenvalue weighted by atomic mass is 35.5. The van der Waals surface area contributed by atoms with E-state index in [1.54, 1.807) is 36.4 Å². The molecule has 1 aromatic carbocycles. The molecule has 1 amide bonds. The van der Waals surface area contributed by atoms with Gasteiger partial charge < -0.3 is 28.6 Å². The monoisotopic (exact) mass is 382 g/mol. The molecule has 5 heteroatoms. The molecule has 0 atom stereocenters. The first-order valence-corrected chi connectivity index (χ1v) is 9.76. The maximum absolute atomic E-state index is 11.7. The van der Waals surface area contributed by atoms with Crippen LogP contribution in [0.25, 0.3) is 6.08 Å². The number of carbonyl (C=O) groups excluding carboxylic acids is 1. The van der Waals surface area contributed by atoms with Gasteiger partial charge in [0.1, 0.15) is 5.75 Å². The Bertz CT molecular complexity index is 489. The highest BCUT2D eigenvalue weighted by Gasteiger charge is 1.96. The normalized spacial score (nSPS) is 10.7. The predicted octanol–water partition coefficient (Wildman–Crippen LogP) is 0.669. The lowest BCUT2D eigenvalue weighted by atomic mass is 10.1. The van der Waals surface area contributed by atoms with Gasteiger partial charge >= 0.3 is 0 Å². The van der Waals surface area contributed by atoms with Crippen LogP contribution in [0.2, 0.25) is 0 Å². The van der Waals surface area contributed by atoms with Gasteiger partial charge in [0.15, 0.2) is 0 Å². The third-order valence-corrected chi connectivity index (χ3v) is 4.30. The number of hydrogen-bond acceptors (Lipinski definition) is 2. The summed E-state index contributed by atoms with van der Waals surface area (Å²) in [5, 5.41) is 12.1. The van der Waals surface area contributed by atoms with Crippen LogP contribution in [-0.4, -0.2) is 24.1 Å². The molecule has 0 heterocycles. The van der Waals surface area contributed by atoms with Gasteiger partial charge in [-0.25, -0.2) is 0 Å². The number of phenols is 1. The number of quaternary nitrogens is 1. The smallest absolute Gasteiger partial charge is 0.243 e. The van der Waals surface area contributed by atoms with Gasteiger partial charge in [0.25, 0.3) is 0 Å². The van der Waals surface area contributed by atoms with Gasteiger partial charge in [0.05, 0.1) is 6.54 Å². The van der Waals surface area contributed by atoms with E-state index < -0.39 is 0 Å². The first-order chi connectivity index (χ1) is 12.2. The summed E-state index contributed by atoms with van der Waals surface area (Å²) in [5.41, 5.74) is 4.77. The fraction of sp³-hybridized carbons (Fsp3) is 0.571. The Labute approximate surface area is 164 Å². The molecule has 0 unspecified atom stereocenters. The average Bonchev–Trinajstić information content (AvgIpc) is 2.62. The van der Waals surface area contributed by atoms with E-state index >= 15 is 0 Å². The summed E-state index contributed by atoms with van der Waals surface area (Å²) in [5.74, 6) is 0.172. The summed E-state index contributed by atoms with van der Waals surface area (Å²) >= 11 is 0. The van der Waals surface area contributed by atoms with Crippen molar-refractivity contribution in [2.75, 3.05) is 13.1 Å². The number of benzene rings is 1. The van der Waals surface area contributed by atoms with E-state index in [4.69, 9.17) is 0 Å². The second kappa shape index (κ2) is 16.9. The zero-order valence-corrected chi connectivity index (χ0v) is 16.6. The first kappa shape index (κ1) is 24.5. The minimum Gasteiger partial charge on any atom is -1.00 e. The van der Waals surface area contributed by atoms with Crippen LogP contribution in [-0.2, 0) is 4.79 Å². The summed E-state index contributed by atoms with van der Waals surface area (Å²) in [4.78, 5) is 11.7. The molecule has 4 nitrogen and oxygen atoms in total. The zero-order chi connectivity index (χ0) is 18.2. The molecular weight excluding hydrogens is 348 g/mol. The van der Waals surface area contributed by atoms with E-state index in [1.807, 2.05) is 0 Å². The number of aromatic hydroxyl groups is 1. The lowest BCUT2D eigenvalue weighted by Crippen LogP contribution is -3.00. The summed E-state index contributed by atoms with van der Waals surface area (Å²) in [6.07, 6.45) is 16.1. The molecule has 148 valence electrons. The number of amides is 1. The van der Waals surface area contributed by atoms with Crippen molar-refractivity contribution in [2.45, 2.75) is 64.2 Å². The fourth-order valence-corrected chi connectivity index (χ4v) is 2.74. The number of carbonyl (C=O) groups is 1. The standard InChI is InChI=1S/C21H34N2O2.ClH/c22-17-9-7-5-3-1-2-4-6-8-10-18-23-21(25)16-13-19-11-14-20(24)15-12-19;/h11-16,24H,1-10,17-18,22H2,(H,23,25);1H/b16-13+;. The number of nitrogens with one attached hydrogen (secondary N) is 1. The van der Waals surface area contributed by atoms with E-state index in [9.17, 15) is 9.90 Å². The van der Waals surface area contributed by atoms with Crippen LogP contribution < -0.4 is 23.5 Å². The van der Waals surface area contributed by atoms with Gasteiger partial charge in [-0.05, 0) is 43.0 Å². The van der Waals surface area contributed by atoms with Crippen molar-refractivity contribution >= 4 is 12.0 Å². The third-order valence-electron chi connectivity index (χ3n) is 4.30. The minimum atomic E-state index is -0.0599. The molecule has 0 fully saturated rings. The molecule has 1 rings (SSSR count). The molecule has 0 radical (unpaired) electrons. The highest BCUT2D eigenvalue weighted by Crippen LogP contribution is 2.11. The van der Waals surface area contributed by atoms with Gasteiger partial charge in [-0.3, -0.25) is 4.79 Å². The van der Waals surface area contributed by atoms with Gasteiger partial charge in [-0.1, -0.05) is 57.1 Å². The van der Waals surface area contributed by atoms with E-state index in [1.165, 1.54) is 57.8 Å². The van der Waals surface area contributed by atoms with Crippen LogP contribution in [0.4, 0.5) is 0 Å². The molecule has 0 aromatic heterocycles. The van der Waals surface area contributed by atoms with Gasteiger partial charge in [-0.15, -0.1) is 0 Å². The Balaban J connectivity index is 0.00000625. The molecule has 0 saturated carbocycles. The first-order valence-electron chi connectivity index (χ1n) is 9.76. The summed E-state index contributed by atoms with van der Waals surface area (Å²) in [6, 6.07) is 6.78. The Morgan fingerprint density at radius 2 is 1.38 bits per heavy atom. The van der Waals surface area contributed by atoms with E-state index in [0.717, 1.165) is 25.1 Å². The number of halogens is 1. The maximum Gasteiger partial charge on any atom is 0.243 e. The van der Waals surface area contributed by atoms with E-state index in [2.05, 4.69) is 11.1 Å². The molecule has 0 aliphatic carbocycles.